The summed E-state index contributed by atoms with van der Waals surface area (Å²) >= 11 is 3.35. The third kappa shape index (κ3) is 3.64. The van der Waals surface area contributed by atoms with E-state index in [1.165, 1.54) is 12.1 Å². The molecule has 1 aromatic carbocycles. The van der Waals surface area contributed by atoms with E-state index in [1.807, 2.05) is 6.07 Å². The maximum absolute atomic E-state index is 12.2. The smallest absolute Gasteiger partial charge is 0.271 e. The van der Waals surface area contributed by atoms with Crippen LogP contribution in [0.15, 0.2) is 58.2 Å². The Morgan fingerprint density at radius 2 is 2.08 bits per heavy atom. The molecule has 3 rings (SSSR count). The normalized spacial score (nSPS) is 11.6. The molecular formula is C15H13BrN4O3S. The molecule has 24 heavy (non-hydrogen) atoms. The molecule has 0 saturated heterocycles. The van der Waals surface area contributed by atoms with Gasteiger partial charge in [0.25, 0.3) is 5.91 Å². The second-order valence-electron chi connectivity index (χ2n) is 5.11. The highest BCUT2D eigenvalue weighted by molar-refractivity contribution is 9.10. The van der Waals surface area contributed by atoms with E-state index >= 15 is 0 Å². The number of benzene rings is 1. The molecule has 1 amide bonds. The zero-order chi connectivity index (χ0) is 17.3. The van der Waals surface area contributed by atoms with Crippen molar-refractivity contribution in [2.24, 2.45) is 5.14 Å². The van der Waals surface area contributed by atoms with Gasteiger partial charge in [0.15, 0.2) is 0 Å². The minimum Gasteiger partial charge on any atom is -0.347 e. The van der Waals surface area contributed by atoms with Gasteiger partial charge in [0.1, 0.15) is 11.3 Å². The second-order valence-corrected chi connectivity index (χ2v) is 7.59. The van der Waals surface area contributed by atoms with Crippen molar-refractivity contribution in [1.29, 1.82) is 0 Å². The molecule has 0 unspecified atom stereocenters. The quantitative estimate of drug-likeness (QED) is 0.684. The van der Waals surface area contributed by atoms with Gasteiger partial charge in [-0.2, -0.15) is 0 Å². The van der Waals surface area contributed by atoms with Crippen molar-refractivity contribution in [3.05, 3.63) is 64.5 Å². The largest absolute Gasteiger partial charge is 0.347 e. The number of fused-ring (bicyclic) bond motifs is 1. The number of nitrogens with zero attached hydrogens (tertiary/aromatic N) is 2. The van der Waals surface area contributed by atoms with Crippen LogP contribution >= 0.6 is 15.9 Å². The van der Waals surface area contributed by atoms with Gasteiger partial charge in [-0.1, -0.05) is 28.1 Å². The van der Waals surface area contributed by atoms with E-state index in [4.69, 9.17) is 5.14 Å². The van der Waals surface area contributed by atoms with Crippen molar-refractivity contribution in [2.75, 3.05) is 0 Å². The van der Waals surface area contributed by atoms with Crippen LogP contribution in [-0.4, -0.2) is 23.7 Å². The predicted octanol–water partition coefficient (Wildman–Crippen LogP) is 1.67. The Morgan fingerprint density at radius 1 is 1.29 bits per heavy atom. The van der Waals surface area contributed by atoms with Crippen LogP contribution in [0.5, 0.6) is 0 Å². The van der Waals surface area contributed by atoms with Gasteiger partial charge >= 0.3 is 0 Å². The molecule has 0 fully saturated rings. The first-order valence-corrected chi connectivity index (χ1v) is 9.21. The number of halogens is 1. The number of primary sulfonamides is 1. The minimum absolute atomic E-state index is 0.00632. The predicted molar refractivity (Wildman–Crippen MR) is 91.9 cm³/mol. The maximum Gasteiger partial charge on any atom is 0.271 e. The Balaban J connectivity index is 1.75. The Morgan fingerprint density at radius 3 is 2.83 bits per heavy atom. The molecule has 0 aliphatic rings. The van der Waals surface area contributed by atoms with Crippen LogP contribution in [0.4, 0.5) is 0 Å². The molecular weight excluding hydrogens is 396 g/mol. The number of sulfonamides is 1. The van der Waals surface area contributed by atoms with Crippen LogP contribution in [0.1, 0.15) is 16.1 Å². The molecule has 0 spiro atoms. The highest BCUT2D eigenvalue weighted by Crippen LogP contribution is 2.14. The van der Waals surface area contributed by atoms with Crippen molar-refractivity contribution in [1.82, 2.24) is 14.7 Å². The summed E-state index contributed by atoms with van der Waals surface area (Å²) in [6, 6.07) is 9.75. The molecule has 124 valence electrons. The lowest BCUT2D eigenvalue weighted by atomic mass is 10.2. The summed E-state index contributed by atoms with van der Waals surface area (Å²) in [7, 11) is -3.77. The number of hydrogen-bond donors (Lipinski definition) is 2. The van der Waals surface area contributed by atoms with Crippen molar-refractivity contribution in [3.8, 4) is 0 Å². The van der Waals surface area contributed by atoms with E-state index in [2.05, 4.69) is 26.2 Å². The van der Waals surface area contributed by atoms with Crippen molar-refractivity contribution < 1.29 is 13.2 Å². The molecule has 0 radical (unpaired) electrons. The van der Waals surface area contributed by atoms with E-state index < -0.39 is 10.0 Å². The second kappa shape index (κ2) is 6.34. The fourth-order valence-corrected chi connectivity index (χ4v) is 3.08. The van der Waals surface area contributed by atoms with Gasteiger partial charge in [0.05, 0.1) is 4.90 Å². The van der Waals surface area contributed by atoms with Crippen LogP contribution in [0.3, 0.4) is 0 Å². The fourth-order valence-electron chi connectivity index (χ4n) is 2.17. The lowest BCUT2D eigenvalue weighted by Gasteiger charge is -2.05. The van der Waals surface area contributed by atoms with Crippen LogP contribution in [0.25, 0.3) is 5.65 Å². The Hall–Kier alpha value is -2.23. The van der Waals surface area contributed by atoms with Gasteiger partial charge in [-0.25, -0.2) is 18.5 Å². The van der Waals surface area contributed by atoms with Crippen molar-refractivity contribution in [2.45, 2.75) is 11.4 Å². The monoisotopic (exact) mass is 408 g/mol. The number of nitrogens with one attached hydrogen (secondary N) is 1. The number of pyridine rings is 1. The zero-order valence-corrected chi connectivity index (χ0v) is 14.7. The molecule has 0 saturated carbocycles. The van der Waals surface area contributed by atoms with Crippen molar-refractivity contribution >= 4 is 37.5 Å². The standard InChI is InChI=1S/C15H13BrN4O3S/c16-11-4-5-20-9-13(19-14(20)7-11)15(21)18-8-10-2-1-3-12(6-10)24(17,22)23/h1-7,9H,8H2,(H,18,21)(H2,17,22,23). The number of hydrogen-bond acceptors (Lipinski definition) is 4. The Kier molecular flexibility index (Phi) is 4.39. The molecule has 0 atom stereocenters. The molecule has 3 aromatic rings. The van der Waals surface area contributed by atoms with Gasteiger partial charge in [0, 0.05) is 23.4 Å². The molecule has 0 bridgehead atoms. The van der Waals surface area contributed by atoms with E-state index in [-0.39, 0.29) is 23.0 Å². The zero-order valence-electron chi connectivity index (χ0n) is 12.3. The first kappa shape index (κ1) is 16.6. The number of carbonyl (C=O) groups excluding carboxylic acids is 1. The maximum atomic E-state index is 12.2. The van der Waals surface area contributed by atoms with Crippen LogP contribution in [0.2, 0.25) is 0 Å². The number of carbonyl (C=O) groups is 1. The van der Waals surface area contributed by atoms with E-state index in [0.717, 1.165) is 4.47 Å². The summed E-state index contributed by atoms with van der Waals surface area (Å²) in [5.74, 6) is -0.351. The summed E-state index contributed by atoms with van der Waals surface area (Å²) in [5, 5.41) is 7.80. The average Bonchev–Trinajstić information content (AvgIpc) is 2.95. The first-order valence-electron chi connectivity index (χ1n) is 6.87. The number of nitrogens with two attached hydrogens (primary N) is 1. The highest BCUT2D eigenvalue weighted by atomic mass is 79.9. The van der Waals surface area contributed by atoms with Gasteiger partial charge < -0.3 is 9.72 Å². The molecule has 9 heteroatoms. The summed E-state index contributed by atoms with van der Waals surface area (Å²) in [5.41, 5.74) is 1.54. The number of imidazole rings is 1. The third-order valence-electron chi connectivity index (χ3n) is 3.33. The van der Waals surface area contributed by atoms with E-state index in [1.54, 1.807) is 35.0 Å². The summed E-state index contributed by atoms with van der Waals surface area (Å²) < 4.78 is 25.3. The highest BCUT2D eigenvalue weighted by Gasteiger charge is 2.12. The molecule has 7 nitrogen and oxygen atoms in total. The van der Waals surface area contributed by atoms with Gasteiger partial charge in [-0.05, 0) is 29.8 Å². The topological polar surface area (TPSA) is 107 Å². The van der Waals surface area contributed by atoms with Crippen LogP contribution in [0, 0.1) is 0 Å². The minimum atomic E-state index is -3.77. The Labute approximate surface area is 146 Å². The van der Waals surface area contributed by atoms with Crippen LogP contribution < -0.4 is 10.5 Å². The van der Waals surface area contributed by atoms with Crippen LogP contribution in [-0.2, 0) is 16.6 Å². The van der Waals surface area contributed by atoms with E-state index in [9.17, 15) is 13.2 Å². The fraction of sp³-hybridized carbons (Fsp3) is 0.0667. The van der Waals surface area contributed by atoms with Crippen molar-refractivity contribution in [3.63, 3.8) is 0 Å². The SMILES string of the molecule is NS(=O)(=O)c1cccc(CNC(=O)c2cn3ccc(Br)cc3n2)c1. The molecule has 2 aromatic heterocycles. The summed E-state index contributed by atoms with van der Waals surface area (Å²) in [6.07, 6.45) is 3.41. The molecule has 0 aliphatic heterocycles. The molecule has 0 aliphatic carbocycles. The van der Waals surface area contributed by atoms with Gasteiger partial charge in [0.2, 0.25) is 10.0 Å². The van der Waals surface area contributed by atoms with Gasteiger partial charge in [-0.3, -0.25) is 4.79 Å². The lowest BCUT2D eigenvalue weighted by Crippen LogP contribution is -2.23. The molecule has 3 N–H and O–H groups in total. The molecule has 2 heterocycles. The summed E-state index contributed by atoms with van der Waals surface area (Å²) in [6.45, 7) is 0.166. The number of rotatable bonds is 4. The Bertz CT molecular complexity index is 1030. The van der Waals surface area contributed by atoms with Gasteiger partial charge in [-0.15, -0.1) is 0 Å². The third-order valence-corrected chi connectivity index (χ3v) is 4.74. The number of aromatic nitrogens is 2. The summed E-state index contributed by atoms with van der Waals surface area (Å²) in [4.78, 5) is 16.5. The number of amides is 1. The first-order chi connectivity index (χ1) is 11.3. The average molecular weight is 409 g/mol. The lowest BCUT2D eigenvalue weighted by molar-refractivity contribution is 0.0946. The van der Waals surface area contributed by atoms with E-state index in [0.29, 0.717) is 11.2 Å².